The maximum absolute atomic E-state index is 13.2. The fraction of sp³-hybridized carbons (Fsp3) is 0.333. The summed E-state index contributed by atoms with van der Waals surface area (Å²) in [5.41, 5.74) is 5.94. The van der Waals surface area contributed by atoms with Gasteiger partial charge in [0.2, 0.25) is 0 Å². The van der Waals surface area contributed by atoms with Crippen molar-refractivity contribution >= 4 is 27.8 Å². The fourth-order valence-corrected chi connectivity index (χ4v) is 4.50. The van der Waals surface area contributed by atoms with Gasteiger partial charge in [0.15, 0.2) is 0 Å². The second-order valence-corrected chi connectivity index (χ2v) is 8.25. The third-order valence-electron chi connectivity index (χ3n) is 6.30. The molecule has 0 atom stereocenters. The van der Waals surface area contributed by atoms with Gasteiger partial charge in [-0.05, 0) is 68.1 Å². The first-order chi connectivity index (χ1) is 14.5. The van der Waals surface area contributed by atoms with Gasteiger partial charge in [0.05, 0.1) is 18.1 Å². The molecule has 4 aromatic rings. The van der Waals surface area contributed by atoms with Crippen molar-refractivity contribution < 1.29 is 9.53 Å². The lowest BCUT2D eigenvalue weighted by atomic mass is 9.96. The smallest absolute Gasteiger partial charge is 0.270 e. The summed E-state index contributed by atoms with van der Waals surface area (Å²) in [5.74, 6) is 2.26. The Morgan fingerprint density at radius 3 is 2.63 bits per heavy atom. The Kier molecular flexibility index (Phi) is 4.50. The Bertz CT molecular complexity index is 1250. The van der Waals surface area contributed by atoms with Gasteiger partial charge in [-0.2, -0.15) is 0 Å². The molecule has 1 fully saturated rings. The highest BCUT2D eigenvalue weighted by molar-refractivity contribution is 6.01. The van der Waals surface area contributed by atoms with Crippen LogP contribution in [-0.2, 0) is 0 Å². The first-order valence-corrected chi connectivity index (χ1v) is 10.5. The van der Waals surface area contributed by atoms with Gasteiger partial charge in [-0.15, -0.1) is 0 Å². The number of nitrogens with zero attached hydrogens (tertiary/aromatic N) is 2. The minimum absolute atomic E-state index is 0.0707. The number of hydrogen-bond donors (Lipinski definition) is 2. The Labute approximate surface area is 175 Å². The third-order valence-corrected chi connectivity index (χ3v) is 6.30. The number of aryl methyl sites for hydroxylation is 2. The highest BCUT2D eigenvalue weighted by Crippen LogP contribution is 2.31. The molecule has 0 saturated carbocycles. The number of H-pyrrole nitrogens is 2. The van der Waals surface area contributed by atoms with Crippen molar-refractivity contribution in [3.8, 4) is 5.75 Å². The zero-order valence-corrected chi connectivity index (χ0v) is 17.6. The van der Waals surface area contributed by atoms with E-state index >= 15 is 0 Å². The summed E-state index contributed by atoms with van der Waals surface area (Å²) in [6.45, 7) is 5.55. The molecule has 30 heavy (non-hydrogen) atoms. The molecule has 2 N–H and O–H groups in total. The minimum atomic E-state index is 0.0707. The van der Waals surface area contributed by atoms with Crippen molar-refractivity contribution in [3.05, 3.63) is 59.0 Å². The van der Waals surface area contributed by atoms with E-state index in [0.29, 0.717) is 11.6 Å². The van der Waals surface area contributed by atoms with Gasteiger partial charge in [0.25, 0.3) is 5.91 Å². The molecule has 1 saturated heterocycles. The SMILES string of the molecule is COc1ccc2[nH]c(C(=O)N3CCC(c4nc5ccc(C)cc5[nH]4)CC3)c(C)c2c1. The molecule has 1 aliphatic heterocycles. The van der Waals surface area contributed by atoms with Crippen LogP contribution >= 0.6 is 0 Å². The molecular formula is C24H26N4O2. The molecule has 154 valence electrons. The highest BCUT2D eigenvalue weighted by atomic mass is 16.5. The molecule has 0 aliphatic carbocycles. The predicted molar refractivity (Wildman–Crippen MR) is 118 cm³/mol. The molecule has 0 bridgehead atoms. The lowest BCUT2D eigenvalue weighted by molar-refractivity contribution is 0.0705. The summed E-state index contributed by atoms with van der Waals surface area (Å²) in [6, 6.07) is 12.1. The third kappa shape index (κ3) is 3.12. The number of carbonyl (C=O) groups is 1. The molecule has 3 heterocycles. The van der Waals surface area contributed by atoms with Crippen LogP contribution in [0.2, 0.25) is 0 Å². The summed E-state index contributed by atoms with van der Waals surface area (Å²) in [6.07, 6.45) is 1.83. The lowest BCUT2D eigenvalue weighted by Crippen LogP contribution is -2.38. The molecule has 1 aliphatic rings. The van der Waals surface area contributed by atoms with Gasteiger partial charge in [-0.3, -0.25) is 4.79 Å². The molecule has 2 aromatic heterocycles. The van der Waals surface area contributed by atoms with Gasteiger partial charge >= 0.3 is 0 Å². The van der Waals surface area contributed by atoms with Crippen molar-refractivity contribution in [1.29, 1.82) is 0 Å². The predicted octanol–water partition coefficient (Wildman–Crippen LogP) is 4.69. The first-order valence-electron chi connectivity index (χ1n) is 10.5. The van der Waals surface area contributed by atoms with E-state index < -0.39 is 0 Å². The molecule has 6 nitrogen and oxygen atoms in total. The monoisotopic (exact) mass is 402 g/mol. The molecule has 6 heteroatoms. The summed E-state index contributed by atoms with van der Waals surface area (Å²) >= 11 is 0. The molecule has 0 radical (unpaired) electrons. The maximum Gasteiger partial charge on any atom is 0.270 e. The van der Waals surface area contributed by atoms with Crippen molar-refractivity contribution in [2.75, 3.05) is 20.2 Å². The van der Waals surface area contributed by atoms with Crippen LogP contribution in [0.5, 0.6) is 5.75 Å². The molecule has 2 aromatic carbocycles. The molecule has 5 rings (SSSR count). The number of carbonyl (C=O) groups excluding carboxylic acids is 1. The van der Waals surface area contributed by atoms with E-state index in [-0.39, 0.29) is 5.91 Å². The number of aromatic nitrogens is 3. The number of fused-ring (bicyclic) bond motifs is 2. The topological polar surface area (TPSA) is 74.0 Å². The van der Waals surface area contributed by atoms with Crippen LogP contribution in [0.15, 0.2) is 36.4 Å². The average Bonchev–Trinajstić information content (AvgIpc) is 3.34. The van der Waals surface area contributed by atoms with E-state index in [9.17, 15) is 4.79 Å². The number of amides is 1. The van der Waals surface area contributed by atoms with E-state index in [2.05, 4.69) is 35.1 Å². The van der Waals surface area contributed by atoms with Crippen LogP contribution < -0.4 is 4.74 Å². The van der Waals surface area contributed by atoms with Crippen molar-refractivity contribution in [3.63, 3.8) is 0 Å². The Balaban J connectivity index is 1.33. The standard InChI is InChI=1S/C24H26N4O2/c1-14-4-6-20-21(12-14)27-23(26-20)16-8-10-28(11-9-16)24(29)22-15(2)18-13-17(30-3)5-7-19(18)25-22/h4-7,12-13,16,25H,8-11H2,1-3H3,(H,26,27). The van der Waals surface area contributed by atoms with Gasteiger partial charge < -0.3 is 19.6 Å². The normalized spacial score (nSPS) is 15.2. The summed E-state index contributed by atoms with van der Waals surface area (Å²) < 4.78 is 5.33. The Morgan fingerprint density at radius 1 is 1.07 bits per heavy atom. The Morgan fingerprint density at radius 2 is 1.87 bits per heavy atom. The number of piperidine rings is 1. The van der Waals surface area contributed by atoms with Crippen LogP contribution in [-0.4, -0.2) is 46.0 Å². The van der Waals surface area contributed by atoms with Crippen LogP contribution in [0, 0.1) is 13.8 Å². The summed E-state index contributed by atoms with van der Waals surface area (Å²) in [7, 11) is 1.66. The summed E-state index contributed by atoms with van der Waals surface area (Å²) in [4.78, 5) is 26.8. The number of benzene rings is 2. The van der Waals surface area contributed by atoms with Crippen LogP contribution in [0.25, 0.3) is 21.9 Å². The van der Waals surface area contributed by atoms with E-state index in [1.807, 2.05) is 30.0 Å². The van der Waals surface area contributed by atoms with Gasteiger partial charge in [-0.25, -0.2) is 4.98 Å². The van der Waals surface area contributed by atoms with Crippen LogP contribution in [0.3, 0.4) is 0 Å². The second kappa shape index (κ2) is 7.20. The first kappa shape index (κ1) is 18.7. The van der Waals surface area contributed by atoms with Gasteiger partial charge in [-0.1, -0.05) is 6.07 Å². The van der Waals surface area contributed by atoms with Gasteiger partial charge in [0, 0.05) is 29.9 Å². The molecule has 0 spiro atoms. The fourth-order valence-electron chi connectivity index (χ4n) is 4.50. The molecule has 1 amide bonds. The number of hydrogen-bond acceptors (Lipinski definition) is 3. The maximum atomic E-state index is 13.2. The number of imidazole rings is 1. The second-order valence-electron chi connectivity index (χ2n) is 8.25. The van der Waals surface area contributed by atoms with E-state index in [1.54, 1.807) is 7.11 Å². The summed E-state index contributed by atoms with van der Waals surface area (Å²) in [5, 5.41) is 1.03. The Hall–Kier alpha value is -3.28. The molecular weight excluding hydrogens is 376 g/mol. The van der Waals surface area contributed by atoms with E-state index in [1.165, 1.54) is 5.56 Å². The minimum Gasteiger partial charge on any atom is -0.497 e. The lowest BCUT2D eigenvalue weighted by Gasteiger charge is -2.31. The number of ether oxygens (including phenoxy) is 1. The highest BCUT2D eigenvalue weighted by Gasteiger charge is 2.28. The zero-order valence-electron chi connectivity index (χ0n) is 17.6. The number of methoxy groups -OCH3 is 1. The average molecular weight is 402 g/mol. The largest absolute Gasteiger partial charge is 0.497 e. The quantitative estimate of drug-likeness (QED) is 0.522. The van der Waals surface area contributed by atoms with Crippen LogP contribution in [0.4, 0.5) is 0 Å². The zero-order chi connectivity index (χ0) is 20.8. The number of aromatic amines is 2. The number of likely N-dealkylation sites (tertiary alicyclic amines) is 1. The van der Waals surface area contributed by atoms with Crippen molar-refractivity contribution in [2.45, 2.75) is 32.6 Å². The van der Waals surface area contributed by atoms with Gasteiger partial charge in [0.1, 0.15) is 17.3 Å². The van der Waals surface area contributed by atoms with Crippen molar-refractivity contribution in [1.82, 2.24) is 19.9 Å². The molecule has 0 unspecified atom stereocenters. The number of rotatable bonds is 3. The van der Waals surface area contributed by atoms with Crippen LogP contribution in [0.1, 0.15) is 46.2 Å². The number of nitrogens with one attached hydrogen (secondary N) is 2. The van der Waals surface area contributed by atoms with Crippen molar-refractivity contribution in [2.24, 2.45) is 0 Å². The van der Waals surface area contributed by atoms with E-state index in [4.69, 9.17) is 9.72 Å². The van der Waals surface area contributed by atoms with E-state index in [0.717, 1.165) is 65.0 Å².